The van der Waals surface area contributed by atoms with Crippen molar-refractivity contribution in [1.82, 2.24) is 0 Å². The van der Waals surface area contributed by atoms with Gasteiger partial charge in [0.25, 0.3) is 0 Å². The van der Waals surface area contributed by atoms with Crippen LogP contribution in [0.15, 0.2) is 34.5 Å². The molecule has 0 saturated carbocycles. The highest BCUT2D eigenvalue weighted by molar-refractivity contribution is 6.07. The molecule has 0 aliphatic rings. The third-order valence-electron chi connectivity index (χ3n) is 1.42. The van der Waals surface area contributed by atoms with Crippen LogP contribution in [0.1, 0.15) is 17.5 Å². The third kappa shape index (κ3) is 1.69. The van der Waals surface area contributed by atoms with Crippen LogP contribution in [0, 0.1) is 0 Å². The number of rotatable bonds is 3. The molecule has 0 saturated heterocycles. The Hall–Kier alpha value is -1.64. The second kappa shape index (κ2) is 3.67. The van der Waals surface area contributed by atoms with Gasteiger partial charge in [-0.05, 0) is 25.1 Å². The number of hydrogen-bond acceptors (Lipinski definition) is 3. The quantitative estimate of drug-likeness (QED) is 0.387. The summed E-state index contributed by atoms with van der Waals surface area (Å²) in [5, 5.41) is 0. The summed E-state index contributed by atoms with van der Waals surface area (Å²) in [6.45, 7) is 1.57. The van der Waals surface area contributed by atoms with E-state index in [-0.39, 0.29) is 11.5 Å². The van der Waals surface area contributed by atoms with Crippen molar-refractivity contribution in [2.24, 2.45) is 0 Å². The maximum Gasteiger partial charge on any atom is 0.223 e. The lowest BCUT2D eigenvalue weighted by Gasteiger charge is -1.92. The van der Waals surface area contributed by atoms with Crippen molar-refractivity contribution in [3.8, 4) is 0 Å². The van der Waals surface area contributed by atoms with Crippen molar-refractivity contribution in [2.45, 2.75) is 6.92 Å². The number of carbonyl (C=O) groups is 2. The molecule has 0 amide bonds. The van der Waals surface area contributed by atoms with Crippen LogP contribution in [-0.2, 0) is 4.79 Å². The Labute approximate surface area is 69.7 Å². The molecule has 1 aromatic rings. The molecule has 0 spiro atoms. The number of carbonyl (C=O) groups excluding carboxylic acids is 2. The molecule has 1 heterocycles. The van der Waals surface area contributed by atoms with Crippen LogP contribution in [0.25, 0.3) is 0 Å². The van der Waals surface area contributed by atoms with E-state index >= 15 is 0 Å². The van der Waals surface area contributed by atoms with Crippen LogP contribution in [0.4, 0.5) is 0 Å². The molecule has 3 heteroatoms. The molecule has 0 atom stereocenters. The number of aldehydes is 1. The summed E-state index contributed by atoms with van der Waals surface area (Å²) < 4.78 is 4.86. The zero-order valence-electron chi connectivity index (χ0n) is 6.61. The van der Waals surface area contributed by atoms with Gasteiger partial charge in [-0.1, -0.05) is 0 Å². The van der Waals surface area contributed by atoms with Crippen molar-refractivity contribution >= 4 is 12.1 Å². The predicted octanol–water partition coefficient (Wildman–Crippen LogP) is 1.61. The minimum Gasteiger partial charge on any atom is -0.461 e. The van der Waals surface area contributed by atoms with Crippen molar-refractivity contribution in [3.63, 3.8) is 0 Å². The first-order chi connectivity index (χ1) is 5.75. The van der Waals surface area contributed by atoms with Gasteiger partial charge in [-0.3, -0.25) is 9.59 Å². The lowest BCUT2D eigenvalue weighted by molar-refractivity contribution is -0.104. The van der Waals surface area contributed by atoms with Gasteiger partial charge in [-0.15, -0.1) is 0 Å². The van der Waals surface area contributed by atoms with Gasteiger partial charge in [0.05, 0.1) is 6.26 Å². The summed E-state index contributed by atoms with van der Waals surface area (Å²) in [5.41, 5.74) is 0.375. The molecule has 0 fully saturated rings. The first kappa shape index (κ1) is 8.46. The molecule has 1 rings (SSSR count). The second-order valence-electron chi connectivity index (χ2n) is 2.29. The lowest BCUT2D eigenvalue weighted by Crippen LogP contribution is -1.98. The van der Waals surface area contributed by atoms with Gasteiger partial charge in [-0.25, -0.2) is 0 Å². The SMILES string of the molecule is CC(=CC=O)C(=O)c1ccco1. The Morgan fingerprint density at radius 1 is 1.58 bits per heavy atom. The van der Waals surface area contributed by atoms with E-state index in [9.17, 15) is 9.59 Å². The highest BCUT2D eigenvalue weighted by atomic mass is 16.3. The second-order valence-corrected chi connectivity index (χ2v) is 2.29. The molecule has 0 N–H and O–H groups in total. The molecule has 3 nitrogen and oxygen atoms in total. The largest absolute Gasteiger partial charge is 0.461 e. The molecule has 0 unspecified atom stereocenters. The van der Waals surface area contributed by atoms with Crippen LogP contribution in [-0.4, -0.2) is 12.1 Å². The zero-order valence-corrected chi connectivity index (χ0v) is 6.61. The fourth-order valence-corrected chi connectivity index (χ4v) is 0.780. The smallest absolute Gasteiger partial charge is 0.223 e. The maximum atomic E-state index is 11.3. The molecule has 0 bridgehead atoms. The van der Waals surface area contributed by atoms with E-state index in [2.05, 4.69) is 0 Å². The Bertz CT molecular complexity index is 307. The van der Waals surface area contributed by atoms with E-state index < -0.39 is 0 Å². The van der Waals surface area contributed by atoms with E-state index in [1.165, 1.54) is 12.3 Å². The van der Waals surface area contributed by atoms with Crippen molar-refractivity contribution < 1.29 is 14.0 Å². The number of allylic oxidation sites excluding steroid dienone is 2. The summed E-state index contributed by atoms with van der Waals surface area (Å²) in [6.07, 6.45) is 3.21. The summed E-state index contributed by atoms with van der Waals surface area (Å²) in [6, 6.07) is 3.19. The topological polar surface area (TPSA) is 47.3 Å². The van der Waals surface area contributed by atoms with Gasteiger partial charge in [0.15, 0.2) is 5.76 Å². The predicted molar refractivity (Wildman–Crippen MR) is 42.9 cm³/mol. The van der Waals surface area contributed by atoms with Crippen molar-refractivity contribution in [2.75, 3.05) is 0 Å². The summed E-state index contributed by atoms with van der Waals surface area (Å²) >= 11 is 0. The number of Topliss-reactive ketones (excluding diaryl/α,β-unsaturated/α-hetero) is 1. The van der Waals surface area contributed by atoms with Crippen LogP contribution >= 0.6 is 0 Å². The average Bonchev–Trinajstić information content (AvgIpc) is 2.55. The van der Waals surface area contributed by atoms with Gasteiger partial charge in [0.2, 0.25) is 5.78 Å². The maximum absolute atomic E-state index is 11.3. The van der Waals surface area contributed by atoms with Gasteiger partial charge >= 0.3 is 0 Å². The van der Waals surface area contributed by atoms with E-state index in [4.69, 9.17) is 4.42 Å². The summed E-state index contributed by atoms with van der Waals surface area (Å²) in [7, 11) is 0. The highest BCUT2D eigenvalue weighted by Gasteiger charge is 2.09. The Morgan fingerprint density at radius 2 is 2.33 bits per heavy atom. The normalized spacial score (nSPS) is 11.2. The van der Waals surface area contributed by atoms with Crippen LogP contribution < -0.4 is 0 Å². The number of hydrogen-bond donors (Lipinski definition) is 0. The molecule has 12 heavy (non-hydrogen) atoms. The molecule has 0 aliphatic carbocycles. The van der Waals surface area contributed by atoms with Crippen LogP contribution in [0.2, 0.25) is 0 Å². The van der Waals surface area contributed by atoms with Crippen molar-refractivity contribution in [3.05, 3.63) is 35.8 Å². The Kier molecular flexibility index (Phi) is 2.58. The van der Waals surface area contributed by atoms with E-state index in [0.717, 1.165) is 0 Å². The van der Waals surface area contributed by atoms with Crippen molar-refractivity contribution in [1.29, 1.82) is 0 Å². The standard InChI is InChI=1S/C9H8O3/c1-7(4-5-10)9(11)8-3-2-6-12-8/h2-6H,1H3. The Morgan fingerprint density at radius 3 is 2.83 bits per heavy atom. The first-order valence-corrected chi connectivity index (χ1v) is 3.46. The molecular formula is C9H8O3. The molecule has 0 aliphatic heterocycles. The molecule has 0 radical (unpaired) electrons. The molecule has 62 valence electrons. The lowest BCUT2D eigenvalue weighted by atomic mass is 10.1. The number of furan rings is 1. The summed E-state index contributed by atoms with van der Waals surface area (Å²) in [4.78, 5) is 21.3. The van der Waals surface area contributed by atoms with Gasteiger partial charge in [-0.2, -0.15) is 0 Å². The minimum atomic E-state index is -0.257. The van der Waals surface area contributed by atoms with Crippen LogP contribution in [0.5, 0.6) is 0 Å². The molecule has 0 aromatic carbocycles. The monoisotopic (exact) mass is 164 g/mol. The summed E-state index contributed by atoms with van der Waals surface area (Å²) in [5.74, 6) is -0.00213. The zero-order chi connectivity index (χ0) is 8.97. The number of ketones is 1. The highest BCUT2D eigenvalue weighted by Crippen LogP contribution is 2.07. The third-order valence-corrected chi connectivity index (χ3v) is 1.42. The minimum absolute atomic E-state index is 0.255. The first-order valence-electron chi connectivity index (χ1n) is 3.46. The molecule has 1 aromatic heterocycles. The van der Waals surface area contributed by atoms with E-state index in [0.29, 0.717) is 11.9 Å². The van der Waals surface area contributed by atoms with Gasteiger partial charge < -0.3 is 4.42 Å². The van der Waals surface area contributed by atoms with Crippen LogP contribution in [0.3, 0.4) is 0 Å². The van der Waals surface area contributed by atoms with E-state index in [1.807, 2.05) is 0 Å². The fraction of sp³-hybridized carbons (Fsp3) is 0.111. The van der Waals surface area contributed by atoms with E-state index in [1.54, 1.807) is 19.1 Å². The molecular weight excluding hydrogens is 156 g/mol. The Balaban J connectivity index is 2.86. The average molecular weight is 164 g/mol. The van der Waals surface area contributed by atoms with Gasteiger partial charge in [0.1, 0.15) is 6.29 Å². The van der Waals surface area contributed by atoms with Gasteiger partial charge in [0, 0.05) is 5.57 Å². The fourth-order valence-electron chi connectivity index (χ4n) is 0.780.